The molecule has 1 N–H and O–H groups in total. The van der Waals surface area contributed by atoms with E-state index >= 15 is 0 Å². The molecule has 0 unspecified atom stereocenters. The first-order chi connectivity index (χ1) is 19.6. The second-order valence-electron chi connectivity index (χ2n) is 12.1. The Morgan fingerprint density at radius 1 is 0.683 bits per heavy atom. The number of hydrogen-bond donors (Lipinski definition) is 1. The summed E-state index contributed by atoms with van der Waals surface area (Å²) in [5.41, 5.74) is 6.19. The van der Waals surface area contributed by atoms with Crippen molar-refractivity contribution in [2.45, 2.75) is 45.8 Å². The number of para-hydroxylation sites is 2. The maximum atomic E-state index is 10.6. The van der Waals surface area contributed by atoms with Crippen molar-refractivity contribution < 1.29 is 14.4 Å². The van der Waals surface area contributed by atoms with Gasteiger partial charge in [-0.1, -0.05) is 78.9 Å². The largest absolute Gasteiger partial charge is 0.507 e. The molecule has 1 fully saturated rings. The molecule has 6 aromatic rings. The third kappa shape index (κ3) is 4.11. The smallest absolute Gasteiger partial charge is 0.494 e. The first kappa shape index (κ1) is 25.8. The van der Waals surface area contributed by atoms with Crippen LogP contribution in [0.4, 0.5) is 0 Å². The summed E-state index contributed by atoms with van der Waals surface area (Å²) in [5, 5.41) is 16.2. The Kier molecular flexibility index (Phi) is 5.76. The van der Waals surface area contributed by atoms with Crippen LogP contribution in [0.5, 0.6) is 5.75 Å². The average molecular weight is 537 g/mol. The molecule has 7 rings (SSSR count). The third-order valence-corrected chi connectivity index (χ3v) is 8.98. The summed E-state index contributed by atoms with van der Waals surface area (Å²) < 4.78 is 12.6. The van der Waals surface area contributed by atoms with E-state index in [2.05, 4.69) is 101 Å². The molecular formula is C36H32BNO3. The Bertz CT molecular complexity index is 1980. The highest BCUT2D eigenvalue weighted by molar-refractivity contribution is 6.62. The van der Waals surface area contributed by atoms with Crippen molar-refractivity contribution in [3.05, 3.63) is 103 Å². The molecule has 1 aliphatic heterocycles. The highest BCUT2D eigenvalue weighted by Gasteiger charge is 2.51. The van der Waals surface area contributed by atoms with E-state index in [0.29, 0.717) is 0 Å². The maximum Gasteiger partial charge on any atom is 0.494 e. The van der Waals surface area contributed by atoms with Crippen LogP contribution >= 0.6 is 0 Å². The number of aromatic nitrogens is 1. The second-order valence-corrected chi connectivity index (χ2v) is 12.1. The zero-order valence-electron chi connectivity index (χ0n) is 24.0. The van der Waals surface area contributed by atoms with E-state index in [9.17, 15) is 5.11 Å². The molecule has 0 radical (unpaired) electrons. The molecule has 0 bridgehead atoms. The number of fused-ring (bicyclic) bond motifs is 4. The highest BCUT2D eigenvalue weighted by Crippen LogP contribution is 2.41. The van der Waals surface area contributed by atoms with Crippen molar-refractivity contribution in [2.24, 2.45) is 0 Å². The average Bonchev–Trinajstić information content (AvgIpc) is 3.19. The Balaban J connectivity index is 1.37. The normalized spacial score (nSPS) is 16.2. The minimum atomic E-state index is -0.392. The number of phenols is 1. The number of benzene rings is 5. The SMILES string of the molecule is Cc1c(-c2ccccc2O)ccc2c(-c3ccc4cc(B5OC(C)(C)C(C)(C)O5)ccc4c3)nc3ccccc3c12. The molecule has 1 aromatic heterocycles. The number of pyridine rings is 1. The van der Waals surface area contributed by atoms with Crippen molar-refractivity contribution in [3.63, 3.8) is 0 Å². The summed E-state index contributed by atoms with van der Waals surface area (Å²) in [5.74, 6) is 0.281. The van der Waals surface area contributed by atoms with Crippen LogP contribution in [0, 0.1) is 6.92 Å². The zero-order valence-corrected chi connectivity index (χ0v) is 24.0. The second kappa shape index (κ2) is 9.17. The molecular weight excluding hydrogens is 505 g/mol. The van der Waals surface area contributed by atoms with E-state index in [1.54, 1.807) is 6.07 Å². The van der Waals surface area contributed by atoms with Gasteiger partial charge in [0.05, 0.1) is 22.4 Å². The number of rotatable bonds is 3. The summed E-state index contributed by atoms with van der Waals surface area (Å²) in [6, 6.07) is 33.0. The first-order valence-corrected chi connectivity index (χ1v) is 14.1. The summed E-state index contributed by atoms with van der Waals surface area (Å²) in [7, 11) is -0.392. The Morgan fingerprint density at radius 3 is 2.15 bits per heavy atom. The monoisotopic (exact) mass is 537 g/mol. The van der Waals surface area contributed by atoms with Crippen LogP contribution in [0.1, 0.15) is 33.3 Å². The van der Waals surface area contributed by atoms with Crippen molar-refractivity contribution in [2.75, 3.05) is 0 Å². The molecule has 0 amide bonds. The van der Waals surface area contributed by atoms with Gasteiger partial charge in [-0.15, -0.1) is 0 Å². The van der Waals surface area contributed by atoms with Crippen LogP contribution in [0.25, 0.3) is 54.8 Å². The Hall–Kier alpha value is -4.19. The Morgan fingerprint density at radius 2 is 1.37 bits per heavy atom. The van der Waals surface area contributed by atoms with E-state index in [4.69, 9.17) is 14.3 Å². The van der Waals surface area contributed by atoms with Crippen LogP contribution < -0.4 is 5.46 Å². The van der Waals surface area contributed by atoms with Gasteiger partial charge in [-0.05, 0) is 85.6 Å². The van der Waals surface area contributed by atoms with E-state index in [1.807, 2.05) is 24.3 Å². The highest BCUT2D eigenvalue weighted by atomic mass is 16.7. The topological polar surface area (TPSA) is 51.6 Å². The minimum absolute atomic E-state index is 0.281. The van der Waals surface area contributed by atoms with Gasteiger partial charge in [-0.3, -0.25) is 0 Å². The van der Waals surface area contributed by atoms with Gasteiger partial charge in [-0.25, -0.2) is 4.98 Å². The van der Waals surface area contributed by atoms with Gasteiger partial charge in [0.25, 0.3) is 0 Å². The summed E-state index contributed by atoms with van der Waals surface area (Å²) in [6.45, 7) is 10.4. The summed E-state index contributed by atoms with van der Waals surface area (Å²) in [4.78, 5) is 5.16. The first-order valence-electron chi connectivity index (χ1n) is 14.1. The summed E-state index contributed by atoms with van der Waals surface area (Å²) >= 11 is 0. The van der Waals surface area contributed by atoms with Crippen LogP contribution in [-0.2, 0) is 9.31 Å². The number of aryl methyl sites for hydroxylation is 1. The fraction of sp³-hybridized carbons (Fsp3) is 0.194. The predicted octanol–water partition coefficient (Wildman–Crippen LogP) is 8.19. The van der Waals surface area contributed by atoms with Gasteiger partial charge < -0.3 is 14.4 Å². The van der Waals surface area contributed by atoms with E-state index < -0.39 is 7.12 Å². The van der Waals surface area contributed by atoms with Crippen LogP contribution in [0.2, 0.25) is 0 Å². The van der Waals surface area contributed by atoms with Gasteiger partial charge in [0.2, 0.25) is 0 Å². The van der Waals surface area contributed by atoms with Crippen molar-refractivity contribution in [1.82, 2.24) is 4.98 Å². The standard InChI is InChI=1S/C36H32BNO3/c1-22-27(28-10-7-9-13-32(28)39)18-19-30-33(22)29-11-6-8-12-31(29)38-34(30)25-15-14-24-21-26(17-16-23(24)20-25)37-40-35(2,3)36(4,5)41-37/h6-21,39H,1-5H3. The molecule has 0 atom stereocenters. The molecule has 5 heteroatoms. The number of aromatic hydroxyl groups is 1. The van der Waals surface area contributed by atoms with E-state index in [1.165, 1.54) is 0 Å². The summed E-state index contributed by atoms with van der Waals surface area (Å²) in [6.07, 6.45) is 0. The minimum Gasteiger partial charge on any atom is -0.507 e. The lowest BCUT2D eigenvalue weighted by atomic mass is 9.78. The number of phenolic OH excluding ortho intramolecular Hbond substituents is 1. The molecule has 0 saturated carbocycles. The van der Waals surface area contributed by atoms with Gasteiger partial charge in [-0.2, -0.15) is 0 Å². The van der Waals surface area contributed by atoms with E-state index in [0.717, 1.165) is 65.9 Å². The molecule has 0 aliphatic carbocycles. The third-order valence-electron chi connectivity index (χ3n) is 8.98. The molecule has 0 spiro atoms. The van der Waals surface area contributed by atoms with Crippen LogP contribution in [0.15, 0.2) is 97.1 Å². The molecule has 1 aliphatic rings. The Labute approximate surface area is 240 Å². The van der Waals surface area contributed by atoms with Gasteiger partial charge >= 0.3 is 7.12 Å². The molecule has 4 nitrogen and oxygen atoms in total. The fourth-order valence-corrected chi connectivity index (χ4v) is 5.97. The maximum absolute atomic E-state index is 10.6. The molecule has 1 saturated heterocycles. The quantitative estimate of drug-likeness (QED) is 0.183. The lowest BCUT2D eigenvalue weighted by Crippen LogP contribution is -2.41. The van der Waals surface area contributed by atoms with Gasteiger partial charge in [0.15, 0.2) is 0 Å². The van der Waals surface area contributed by atoms with Gasteiger partial charge in [0, 0.05) is 21.9 Å². The van der Waals surface area contributed by atoms with Crippen molar-refractivity contribution >= 4 is 45.0 Å². The zero-order chi connectivity index (χ0) is 28.5. The predicted molar refractivity (Wildman–Crippen MR) is 170 cm³/mol. The molecule has 202 valence electrons. The molecule has 41 heavy (non-hydrogen) atoms. The van der Waals surface area contributed by atoms with Gasteiger partial charge in [0.1, 0.15) is 5.75 Å². The van der Waals surface area contributed by atoms with E-state index in [-0.39, 0.29) is 17.0 Å². The lowest BCUT2D eigenvalue weighted by Gasteiger charge is -2.32. The molecule has 5 aromatic carbocycles. The van der Waals surface area contributed by atoms with Crippen LogP contribution in [0.3, 0.4) is 0 Å². The van der Waals surface area contributed by atoms with Crippen molar-refractivity contribution in [3.8, 4) is 28.1 Å². The van der Waals surface area contributed by atoms with Crippen molar-refractivity contribution in [1.29, 1.82) is 0 Å². The van der Waals surface area contributed by atoms with Crippen LogP contribution in [-0.4, -0.2) is 28.4 Å². The number of nitrogens with zero attached hydrogens (tertiary/aromatic N) is 1. The fourth-order valence-electron chi connectivity index (χ4n) is 5.97. The number of hydrogen-bond acceptors (Lipinski definition) is 4. The lowest BCUT2D eigenvalue weighted by molar-refractivity contribution is 0.00578. The molecule has 2 heterocycles.